The third kappa shape index (κ3) is 2.00. The van der Waals surface area contributed by atoms with E-state index in [0.29, 0.717) is 16.9 Å². The van der Waals surface area contributed by atoms with Gasteiger partial charge in [-0.05, 0) is 28.3 Å². The highest BCUT2D eigenvalue weighted by Gasteiger charge is 2.49. The van der Waals surface area contributed by atoms with Crippen molar-refractivity contribution < 1.29 is 14.6 Å². The molecule has 1 unspecified atom stereocenters. The van der Waals surface area contributed by atoms with Crippen molar-refractivity contribution in [2.24, 2.45) is 0 Å². The molecule has 1 N–H and O–H groups in total. The molecule has 0 spiro atoms. The number of ketones is 1. The predicted octanol–water partition coefficient (Wildman–Crippen LogP) is 5.18. The smallest absolute Gasteiger partial charge is 0.300 e. The summed E-state index contributed by atoms with van der Waals surface area (Å²) < 4.78 is 6.81. The molecule has 1 aliphatic heterocycles. The number of Topliss-reactive ketones (excluding diaryl/α,β-unsaturated/α-hetero) is 1. The number of carbonyl (C=O) groups excluding carboxylic acids is 1. The number of hydrogen-bond donors (Lipinski definition) is 1. The summed E-state index contributed by atoms with van der Waals surface area (Å²) in [6, 6.07) is 22.5. The normalized spacial score (nSPS) is 18.9. The van der Waals surface area contributed by atoms with Crippen LogP contribution in [-0.4, -0.2) is 10.9 Å². The second kappa shape index (κ2) is 5.40. The summed E-state index contributed by atoms with van der Waals surface area (Å²) >= 11 is 3.37. The van der Waals surface area contributed by atoms with Gasteiger partial charge in [-0.1, -0.05) is 76.6 Å². The summed E-state index contributed by atoms with van der Waals surface area (Å²) in [5.41, 5.74) is 0.847. The van der Waals surface area contributed by atoms with Crippen molar-refractivity contribution in [3.05, 3.63) is 88.4 Å². The van der Waals surface area contributed by atoms with E-state index >= 15 is 0 Å². The molecule has 0 aromatic heterocycles. The zero-order valence-corrected chi connectivity index (χ0v) is 15.2. The number of rotatable bonds is 1. The Balaban J connectivity index is 1.85. The minimum absolute atomic E-state index is 0.412. The molecule has 4 aromatic rings. The van der Waals surface area contributed by atoms with E-state index in [-0.39, 0.29) is 0 Å². The lowest BCUT2D eigenvalue weighted by Gasteiger charge is -2.21. The summed E-state index contributed by atoms with van der Waals surface area (Å²) in [5, 5.41) is 14.8. The fourth-order valence-corrected chi connectivity index (χ4v) is 3.93. The predicted molar refractivity (Wildman–Crippen MR) is 104 cm³/mol. The van der Waals surface area contributed by atoms with Gasteiger partial charge in [0, 0.05) is 15.4 Å². The summed E-state index contributed by atoms with van der Waals surface area (Å²) in [5.74, 6) is -2.01. The van der Waals surface area contributed by atoms with Crippen molar-refractivity contribution in [3.8, 4) is 5.75 Å². The zero-order valence-electron chi connectivity index (χ0n) is 13.6. The van der Waals surface area contributed by atoms with Crippen molar-refractivity contribution in [3.63, 3.8) is 0 Å². The Morgan fingerprint density at radius 2 is 1.31 bits per heavy atom. The molecule has 4 aromatic carbocycles. The maximum atomic E-state index is 13.3. The first-order valence-corrected chi connectivity index (χ1v) is 9.04. The average molecular weight is 405 g/mol. The summed E-state index contributed by atoms with van der Waals surface area (Å²) in [7, 11) is 0. The third-order valence-corrected chi connectivity index (χ3v) is 5.43. The molecule has 26 heavy (non-hydrogen) atoms. The zero-order chi connectivity index (χ0) is 17.9. The van der Waals surface area contributed by atoms with Crippen LogP contribution in [0.1, 0.15) is 15.9 Å². The van der Waals surface area contributed by atoms with Crippen LogP contribution in [0, 0.1) is 0 Å². The molecule has 0 saturated carbocycles. The van der Waals surface area contributed by atoms with Crippen molar-refractivity contribution in [1.29, 1.82) is 0 Å². The fraction of sp³-hybridized carbons (Fsp3) is 0.0455. The maximum Gasteiger partial charge on any atom is 0.300 e. The highest BCUT2D eigenvalue weighted by molar-refractivity contribution is 9.10. The Morgan fingerprint density at radius 3 is 1.96 bits per heavy atom. The van der Waals surface area contributed by atoms with E-state index in [9.17, 15) is 9.90 Å². The highest BCUT2D eigenvalue weighted by Crippen LogP contribution is 2.48. The Kier molecular flexibility index (Phi) is 3.23. The third-order valence-electron chi connectivity index (χ3n) is 4.91. The Bertz CT molecular complexity index is 1200. The first-order chi connectivity index (χ1) is 12.6. The SMILES string of the molecule is O=C1c2c(c3ccccc3c3ccccc23)OC1(O)c1ccc(Br)cc1. The van der Waals surface area contributed by atoms with Crippen LogP contribution in [0.4, 0.5) is 0 Å². The van der Waals surface area contributed by atoms with Gasteiger partial charge in [0.2, 0.25) is 5.78 Å². The highest BCUT2D eigenvalue weighted by atomic mass is 79.9. The molecule has 1 atom stereocenters. The van der Waals surface area contributed by atoms with Gasteiger partial charge in [0.1, 0.15) is 5.75 Å². The van der Waals surface area contributed by atoms with Crippen molar-refractivity contribution >= 4 is 43.3 Å². The molecule has 1 heterocycles. The van der Waals surface area contributed by atoms with E-state index in [4.69, 9.17) is 4.74 Å². The van der Waals surface area contributed by atoms with Gasteiger partial charge in [-0.2, -0.15) is 0 Å². The Morgan fingerprint density at radius 1 is 0.769 bits per heavy atom. The number of benzene rings is 4. The number of aliphatic hydroxyl groups is 1. The van der Waals surface area contributed by atoms with Gasteiger partial charge in [-0.3, -0.25) is 4.79 Å². The maximum absolute atomic E-state index is 13.3. The second-order valence-corrected chi connectivity index (χ2v) is 7.29. The summed E-state index contributed by atoms with van der Waals surface area (Å²) in [6.07, 6.45) is 0. The van der Waals surface area contributed by atoms with Crippen LogP contribution in [0.25, 0.3) is 21.5 Å². The van der Waals surface area contributed by atoms with E-state index in [1.165, 1.54) is 0 Å². The van der Waals surface area contributed by atoms with Crippen molar-refractivity contribution in [2.45, 2.75) is 5.79 Å². The monoisotopic (exact) mass is 404 g/mol. The lowest BCUT2D eigenvalue weighted by atomic mass is 9.92. The van der Waals surface area contributed by atoms with Crippen molar-refractivity contribution in [2.75, 3.05) is 0 Å². The van der Waals surface area contributed by atoms with E-state index in [2.05, 4.69) is 15.9 Å². The molecule has 0 bridgehead atoms. The van der Waals surface area contributed by atoms with Crippen LogP contribution in [-0.2, 0) is 5.79 Å². The lowest BCUT2D eigenvalue weighted by molar-refractivity contribution is -0.0952. The summed E-state index contributed by atoms with van der Waals surface area (Å²) in [4.78, 5) is 13.3. The average Bonchev–Trinajstić information content (AvgIpc) is 2.95. The van der Waals surface area contributed by atoms with Gasteiger partial charge in [-0.25, -0.2) is 0 Å². The number of carbonyl (C=O) groups is 1. The van der Waals surface area contributed by atoms with Crippen LogP contribution in [0.2, 0.25) is 0 Å². The minimum Gasteiger partial charge on any atom is -0.449 e. The van der Waals surface area contributed by atoms with Crippen LogP contribution in [0.15, 0.2) is 77.3 Å². The Hall–Kier alpha value is -2.69. The van der Waals surface area contributed by atoms with Gasteiger partial charge in [-0.15, -0.1) is 0 Å². The Labute approximate surface area is 158 Å². The molecule has 1 aliphatic rings. The van der Waals surface area contributed by atoms with Gasteiger partial charge < -0.3 is 9.84 Å². The molecule has 0 radical (unpaired) electrons. The fourth-order valence-electron chi connectivity index (χ4n) is 3.67. The van der Waals surface area contributed by atoms with Crippen LogP contribution < -0.4 is 4.74 Å². The first kappa shape index (κ1) is 15.6. The standard InChI is InChI=1S/C22H13BrO3/c23-14-11-9-13(10-12-14)22(25)21(24)19-17-7-3-1-5-15(17)16-6-2-4-8-18(16)20(19)26-22/h1-12,25H. The molecular formula is C22H13BrO3. The largest absolute Gasteiger partial charge is 0.449 e. The molecule has 0 aliphatic carbocycles. The molecule has 3 nitrogen and oxygen atoms in total. The first-order valence-electron chi connectivity index (χ1n) is 8.25. The van der Waals surface area contributed by atoms with Crippen molar-refractivity contribution in [1.82, 2.24) is 0 Å². The number of hydrogen-bond acceptors (Lipinski definition) is 3. The minimum atomic E-state index is -2.02. The van der Waals surface area contributed by atoms with Crippen LogP contribution >= 0.6 is 15.9 Å². The van der Waals surface area contributed by atoms with Crippen LogP contribution in [0.3, 0.4) is 0 Å². The molecule has 5 rings (SSSR count). The molecule has 4 heteroatoms. The lowest BCUT2D eigenvalue weighted by Crippen LogP contribution is -2.36. The summed E-state index contributed by atoms with van der Waals surface area (Å²) in [6.45, 7) is 0. The molecule has 126 valence electrons. The molecule has 0 amide bonds. The van der Waals surface area contributed by atoms with Gasteiger partial charge >= 0.3 is 0 Å². The number of halogens is 1. The molecular weight excluding hydrogens is 392 g/mol. The quantitative estimate of drug-likeness (QED) is 0.444. The topological polar surface area (TPSA) is 46.5 Å². The molecule has 0 saturated heterocycles. The van der Waals surface area contributed by atoms with Gasteiger partial charge in [0.15, 0.2) is 0 Å². The van der Waals surface area contributed by atoms with Gasteiger partial charge in [0.25, 0.3) is 5.79 Å². The van der Waals surface area contributed by atoms with Gasteiger partial charge in [0.05, 0.1) is 5.56 Å². The second-order valence-electron chi connectivity index (χ2n) is 6.38. The van der Waals surface area contributed by atoms with E-state index in [0.717, 1.165) is 26.0 Å². The van der Waals surface area contributed by atoms with Crippen LogP contribution in [0.5, 0.6) is 5.75 Å². The van der Waals surface area contributed by atoms with E-state index < -0.39 is 11.6 Å². The molecule has 0 fully saturated rings. The number of fused-ring (bicyclic) bond motifs is 6. The van der Waals surface area contributed by atoms with E-state index in [1.54, 1.807) is 24.3 Å². The van der Waals surface area contributed by atoms with E-state index in [1.807, 2.05) is 48.5 Å². The number of ether oxygens (including phenoxy) is 1.